The van der Waals surface area contributed by atoms with Crippen molar-refractivity contribution in [1.29, 1.82) is 0 Å². The zero-order chi connectivity index (χ0) is 10.0. The van der Waals surface area contributed by atoms with Gasteiger partial charge in [0.15, 0.2) is 0 Å². The number of amides is 1. The molecule has 13 heavy (non-hydrogen) atoms. The molecule has 1 aromatic heterocycles. The first-order valence-corrected chi connectivity index (χ1v) is 4.35. The minimum absolute atomic E-state index is 0.391. The number of thiazole rings is 1. The molecule has 0 aliphatic rings. The lowest BCUT2D eigenvalue weighted by molar-refractivity contribution is -0.126. The molecule has 1 rings (SSSR count). The molecule has 1 amide bonds. The van der Waals surface area contributed by atoms with Crippen LogP contribution in [0.2, 0.25) is 0 Å². The van der Waals surface area contributed by atoms with E-state index in [4.69, 9.17) is 0 Å². The van der Waals surface area contributed by atoms with Crippen LogP contribution in [-0.2, 0) is 4.79 Å². The molecular weight excluding hydrogens is 198 g/mol. The summed E-state index contributed by atoms with van der Waals surface area (Å²) in [6.45, 7) is 3.40. The normalized spacial score (nSPS) is 10.5. The average molecular weight is 206 g/mol. The number of carbonyl (C=O) groups excluding carboxylic acids is 1. The summed E-state index contributed by atoms with van der Waals surface area (Å²) in [5.41, 5.74) is 0.566. The number of aryl methyl sites for hydroxylation is 2. The number of nitrogens with zero attached hydrogens (tertiary/aromatic N) is 1. The van der Waals surface area contributed by atoms with E-state index in [2.05, 4.69) is 10.3 Å². The van der Waals surface area contributed by atoms with Crippen LogP contribution in [0.3, 0.4) is 0 Å². The Morgan fingerprint density at radius 1 is 1.54 bits per heavy atom. The minimum Gasteiger partial charge on any atom is -0.311 e. The monoisotopic (exact) mass is 206 g/mol. The van der Waals surface area contributed by atoms with Gasteiger partial charge in [-0.05, 0) is 13.8 Å². The first-order valence-electron chi connectivity index (χ1n) is 3.53. The zero-order valence-electron chi connectivity index (χ0n) is 7.10. The zero-order valence-corrected chi connectivity index (χ0v) is 7.91. The maximum atomic E-state index is 11.8. The maximum Gasteiger partial charge on any atom is 0.315 e. The van der Waals surface area contributed by atoms with Crippen LogP contribution in [0, 0.1) is 13.8 Å². The Kier molecular flexibility index (Phi) is 2.92. The van der Waals surface area contributed by atoms with E-state index in [9.17, 15) is 13.6 Å². The topological polar surface area (TPSA) is 42.0 Å². The predicted octanol–water partition coefficient (Wildman–Crippen LogP) is 1.96. The molecular formula is C7H8F2N2OS. The molecule has 1 N–H and O–H groups in total. The largest absolute Gasteiger partial charge is 0.315 e. The standard InChI is InChI=1S/C7H8F2N2OS/c1-3-7(13-4(2)10-3)11-6(12)5(8)9/h5H,1-2H3,(H,11,12). The second-order valence-corrected chi connectivity index (χ2v) is 3.64. The van der Waals surface area contributed by atoms with Crippen molar-refractivity contribution in [2.45, 2.75) is 20.3 Å². The summed E-state index contributed by atoms with van der Waals surface area (Å²) in [5.74, 6) is -1.29. The second-order valence-electron chi connectivity index (χ2n) is 2.44. The lowest BCUT2D eigenvalue weighted by atomic mass is 10.5. The van der Waals surface area contributed by atoms with Crippen molar-refractivity contribution in [2.75, 3.05) is 5.32 Å². The third kappa shape index (κ3) is 2.45. The summed E-state index contributed by atoms with van der Waals surface area (Å²) in [7, 11) is 0. The number of anilines is 1. The van der Waals surface area contributed by atoms with E-state index in [1.807, 2.05) is 0 Å². The molecule has 0 spiro atoms. The van der Waals surface area contributed by atoms with Gasteiger partial charge in [-0.2, -0.15) is 8.78 Å². The number of hydrogen-bond donors (Lipinski definition) is 1. The number of aromatic nitrogens is 1. The molecule has 0 radical (unpaired) electrons. The van der Waals surface area contributed by atoms with Gasteiger partial charge in [-0.25, -0.2) is 4.98 Å². The smallest absolute Gasteiger partial charge is 0.311 e. The summed E-state index contributed by atoms with van der Waals surface area (Å²) in [5, 5.41) is 3.23. The van der Waals surface area contributed by atoms with Gasteiger partial charge in [0, 0.05) is 0 Å². The van der Waals surface area contributed by atoms with Crippen LogP contribution in [0.25, 0.3) is 0 Å². The lowest BCUT2D eigenvalue weighted by Crippen LogP contribution is -2.19. The van der Waals surface area contributed by atoms with Crippen LogP contribution in [0.5, 0.6) is 0 Å². The van der Waals surface area contributed by atoms with Gasteiger partial charge in [0.25, 0.3) is 5.91 Å². The summed E-state index contributed by atoms with van der Waals surface area (Å²) in [6.07, 6.45) is -2.98. The van der Waals surface area contributed by atoms with Crippen molar-refractivity contribution in [2.24, 2.45) is 0 Å². The van der Waals surface area contributed by atoms with Crippen molar-refractivity contribution in [3.63, 3.8) is 0 Å². The number of halogens is 2. The molecule has 3 nitrogen and oxygen atoms in total. The van der Waals surface area contributed by atoms with Crippen LogP contribution < -0.4 is 5.32 Å². The van der Waals surface area contributed by atoms with Gasteiger partial charge in [-0.3, -0.25) is 4.79 Å². The van der Waals surface area contributed by atoms with Crippen molar-refractivity contribution in [3.8, 4) is 0 Å². The minimum atomic E-state index is -2.98. The first-order chi connectivity index (χ1) is 6.00. The molecule has 0 aliphatic carbocycles. The number of rotatable bonds is 2. The van der Waals surface area contributed by atoms with Gasteiger partial charge in [0.05, 0.1) is 10.7 Å². The van der Waals surface area contributed by atoms with E-state index in [0.29, 0.717) is 10.7 Å². The molecule has 1 heterocycles. The Morgan fingerprint density at radius 2 is 2.15 bits per heavy atom. The number of hydrogen-bond acceptors (Lipinski definition) is 3. The van der Waals surface area contributed by atoms with Crippen molar-refractivity contribution in [3.05, 3.63) is 10.7 Å². The van der Waals surface area contributed by atoms with Crippen LogP contribution in [0.1, 0.15) is 10.7 Å². The van der Waals surface area contributed by atoms with E-state index in [1.54, 1.807) is 13.8 Å². The highest BCUT2D eigenvalue weighted by Crippen LogP contribution is 2.23. The third-order valence-electron chi connectivity index (χ3n) is 1.34. The molecule has 1 aromatic rings. The Morgan fingerprint density at radius 3 is 2.54 bits per heavy atom. The van der Waals surface area contributed by atoms with Crippen LogP contribution in [0.4, 0.5) is 13.8 Å². The molecule has 0 saturated heterocycles. The van der Waals surface area contributed by atoms with Gasteiger partial charge >= 0.3 is 6.43 Å². The van der Waals surface area contributed by atoms with Gasteiger partial charge in [-0.1, -0.05) is 0 Å². The SMILES string of the molecule is Cc1nc(C)c(NC(=O)C(F)F)s1. The average Bonchev–Trinajstić information content (AvgIpc) is 2.30. The van der Waals surface area contributed by atoms with Gasteiger partial charge in [0.1, 0.15) is 5.00 Å². The number of alkyl halides is 2. The molecule has 0 atom stereocenters. The molecule has 0 bridgehead atoms. The summed E-state index contributed by atoms with van der Waals surface area (Å²) in [4.78, 5) is 14.6. The molecule has 0 unspecified atom stereocenters. The van der Waals surface area contributed by atoms with Crippen molar-refractivity contribution < 1.29 is 13.6 Å². The highest BCUT2D eigenvalue weighted by Gasteiger charge is 2.17. The molecule has 0 saturated carbocycles. The fourth-order valence-electron chi connectivity index (χ4n) is 0.814. The van der Waals surface area contributed by atoms with Gasteiger partial charge in [0.2, 0.25) is 0 Å². The Balaban J connectivity index is 2.74. The van der Waals surface area contributed by atoms with E-state index in [1.165, 1.54) is 11.3 Å². The summed E-state index contributed by atoms with van der Waals surface area (Å²) in [6, 6.07) is 0. The van der Waals surface area contributed by atoms with Crippen LogP contribution in [0.15, 0.2) is 0 Å². The molecule has 6 heteroatoms. The van der Waals surface area contributed by atoms with Crippen LogP contribution >= 0.6 is 11.3 Å². The van der Waals surface area contributed by atoms with Crippen LogP contribution in [-0.4, -0.2) is 17.3 Å². The Hall–Kier alpha value is -1.04. The summed E-state index contributed by atoms with van der Waals surface area (Å²) >= 11 is 1.18. The van der Waals surface area contributed by atoms with Gasteiger partial charge in [-0.15, -0.1) is 11.3 Å². The third-order valence-corrected chi connectivity index (χ3v) is 2.33. The molecule has 0 fully saturated rings. The highest BCUT2D eigenvalue weighted by molar-refractivity contribution is 7.16. The molecule has 72 valence electrons. The van der Waals surface area contributed by atoms with Crippen molar-refractivity contribution in [1.82, 2.24) is 4.98 Å². The predicted molar refractivity (Wildman–Crippen MR) is 46.2 cm³/mol. The first kappa shape index (κ1) is 10.0. The fourth-order valence-corrected chi connectivity index (χ4v) is 1.64. The van der Waals surface area contributed by atoms with Gasteiger partial charge < -0.3 is 5.32 Å². The molecule has 0 aliphatic heterocycles. The van der Waals surface area contributed by atoms with E-state index < -0.39 is 12.3 Å². The second kappa shape index (κ2) is 3.78. The highest BCUT2D eigenvalue weighted by atomic mass is 32.1. The molecule has 0 aromatic carbocycles. The number of nitrogens with one attached hydrogen (secondary N) is 1. The Bertz CT molecular complexity index is 324. The van der Waals surface area contributed by atoms with Crippen molar-refractivity contribution >= 4 is 22.2 Å². The fraction of sp³-hybridized carbons (Fsp3) is 0.429. The summed E-state index contributed by atoms with van der Waals surface area (Å²) < 4.78 is 23.6. The van der Waals surface area contributed by atoms with E-state index >= 15 is 0 Å². The van der Waals surface area contributed by atoms with E-state index in [0.717, 1.165) is 5.01 Å². The Labute approximate surface area is 77.8 Å². The number of carbonyl (C=O) groups is 1. The quantitative estimate of drug-likeness (QED) is 0.803. The maximum absolute atomic E-state index is 11.8. The van der Waals surface area contributed by atoms with E-state index in [-0.39, 0.29) is 0 Å². The lowest BCUT2D eigenvalue weighted by Gasteiger charge is -2.00.